The van der Waals surface area contributed by atoms with Crippen molar-refractivity contribution in [3.8, 4) is 5.75 Å². The molecule has 2 rings (SSSR count). The van der Waals surface area contributed by atoms with E-state index in [-0.39, 0.29) is 0 Å². The van der Waals surface area contributed by atoms with Crippen LogP contribution in [0.15, 0.2) is 48.5 Å². The molecule has 2 aromatic carbocycles. The van der Waals surface area contributed by atoms with E-state index >= 15 is 0 Å². The first-order valence-electron chi connectivity index (χ1n) is 8.09. The average Bonchev–Trinajstić information content (AvgIpc) is 2.57. The summed E-state index contributed by atoms with van der Waals surface area (Å²) in [5.41, 5.74) is 3.57. The van der Waals surface area contributed by atoms with Gasteiger partial charge in [0.15, 0.2) is 5.11 Å². The van der Waals surface area contributed by atoms with Crippen LogP contribution in [-0.2, 0) is 5.75 Å². The van der Waals surface area contributed by atoms with Crippen LogP contribution < -0.4 is 15.4 Å². The van der Waals surface area contributed by atoms with Gasteiger partial charge in [0, 0.05) is 18.1 Å². The standard InChI is InChI=1S/C19H24N2OS2/c1-3-22-18-10-5-4-9-17(18)21-19(23)20-11-12-24-14-16-8-6-7-15(2)13-16/h4-10,13H,3,11-12,14H2,1-2H3,(H2,20,21,23). The van der Waals surface area contributed by atoms with Gasteiger partial charge >= 0.3 is 0 Å². The molecule has 128 valence electrons. The largest absolute Gasteiger partial charge is 0.492 e. The normalized spacial score (nSPS) is 10.2. The molecule has 0 aliphatic heterocycles. The molecule has 0 bridgehead atoms. The maximum absolute atomic E-state index is 5.59. The highest BCUT2D eigenvalue weighted by Gasteiger charge is 2.04. The highest BCUT2D eigenvalue weighted by atomic mass is 32.2. The fraction of sp³-hybridized carbons (Fsp3) is 0.316. The molecular formula is C19H24N2OS2. The van der Waals surface area contributed by atoms with Crippen molar-refractivity contribution in [3.05, 3.63) is 59.7 Å². The van der Waals surface area contributed by atoms with E-state index in [1.165, 1.54) is 11.1 Å². The number of para-hydroxylation sites is 2. The highest BCUT2D eigenvalue weighted by Crippen LogP contribution is 2.23. The zero-order valence-electron chi connectivity index (χ0n) is 14.2. The van der Waals surface area contributed by atoms with Crippen LogP contribution in [0.25, 0.3) is 0 Å². The molecule has 0 atom stereocenters. The molecular weight excluding hydrogens is 336 g/mol. The van der Waals surface area contributed by atoms with Gasteiger partial charge in [0.2, 0.25) is 0 Å². The summed E-state index contributed by atoms with van der Waals surface area (Å²) >= 11 is 7.25. The van der Waals surface area contributed by atoms with Crippen LogP contribution in [0.2, 0.25) is 0 Å². The molecule has 0 amide bonds. The molecule has 0 spiro atoms. The zero-order chi connectivity index (χ0) is 17.2. The SMILES string of the molecule is CCOc1ccccc1NC(=S)NCCSCc1cccc(C)c1. The first-order valence-corrected chi connectivity index (χ1v) is 9.65. The minimum Gasteiger partial charge on any atom is -0.492 e. The van der Waals surface area contributed by atoms with Crippen molar-refractivity contribution in [3.63, 3.8) is 0 Å². The van der Waals surface area contributed by atoms with E-state index in [0.717, 1.165) is 29.5 Å². The first kappa shape index (κ1) is 18.6. The lowest BCUT2D eigenvalue weighted by Crippen LogP contribution is -2.30. The summed E-state index contributed by atoms with van der Waals surface area (Å²) in [5, 5.41) is 7.06. The maximum Gasteiger partial charge on any atom is 0.170 e. The monoisotopic (exact) mass is 360 g/mol. The third-order valence-corrected chi connectivity index (χ3v) is 4.59. The first-order chi connectivity index (χ1) is 11.7. The van der Waals surface area contributed by atoms with Crippen LogP contribution in [0.4, 0.5) is 5.69 Å². The zero-order valence-corrected chi connectivity index (χ0v) is 15.8. The molecule has 2 N–H and O–H groups in total. The van der Waals surface area contributed by atoms with Crippen LogP contribution >= 0.6 is 24.0 Å². The van der Waals surface area contributed by atoms with Crippen molar-refractivity contribution in [2.75, 3.05) is 24.2 Å². The third-order valence-electron chi connectivity index (χ3n) is 3.32. The van der Waals surface area contributed by atoms with Gasteiger partial charge in [-0.3, -0.25) is 0 Å². The van der Waals surface area contributed by atoms with Crippen LogP contribution in [-0.4, -0.2) is 24.0 Å². The summed E-state index contributed by atoms with van der Waals surface area (Å²) in [5.74, 6) is 2.84. The van der Waals surface area contributed by atoms with Crippen molar-refractivity contribution in [1.82, 2.24) is 5.32 Å². The predicted molar refractivity (Wildman–Crippen MR) is 109 cm³/mol. The smallest absolute Gasteiger partial charge is 0.170 e. The minimum absolute atomic E-state index is 0.623. The number of rotatable bonds is 8. The Kier molecular flexibility index (Phi) is 7.92. The van der Waals surface area contributed by atoms with Gasteiger partial charge in [-0.1, -0.05) is 42.0 Å². The Hall–Kier alpha value is -1.72. The highest BCUT2D eigenvalue weighted by molar-refractivity contribution is 7.98. The topological polar surface area (TPSA) is 33.3 Å². The van der Waals surface area contributed by atoms with E-state index in [9.17, 15) is 0 Å². The van der Waals surface area contributed by atoms with Gasteiger partial charge in [0.1, 0.15) is 5.75 Å². The summed E-state index contributed by atoms with van der Waals surface area (Å²) in [6, 6.07) is 16.5. The van der Waals surface area contributed by atoms with E-state index in [1.807, 2.05) is 43.0 Å². The van der Waals surface area contributed by atoms with Crippen molar-refractivity contribution >= 4 is 34.8 Å². The summed E-state index contributed by atoms with van der Waals surface area (Å²) in [7, 11) is 0. The summed E-state index contributed by atoms with van der Waals surface area (Å²) in [6.07, 6.45) is 0. The van der Waals surface area contributed by atoms with Crippen molar-refractivity contribution in [1.29, 1.82) is 0 Å². The lowest BCUT2D eigenvalue weighted by atomic mass is 10.2. The average molecular weight is 361 g/mol. The number of ether oxygens (including phenoxy) is 1. The van der Waals surface area contributed by atoms with Crippen molar-refractivity contribution < 1.29 is 4.74 Å². The quantitative estimate of drug-likeness (QED) is 0.530. The molecule has 0 saturated carbocycles. The lowest BCUT2D eigenvalue weighted by Gasteiger charge is -2.14. The van der Waals surface area contributed by atoms with Gasteiger partial charge in [-0.25, -0.2) is 0 Å². The predicted octanol–water partition coefficient (Wildman–Crippen LogP) is 4.61. The number of nitrogens with one attached hydrogen (secondary N) is 2. The number of anilines is 1. The molecule has 0 aliphatic carbocycles. The van der Waals surface area contributed by atoms with Gasteiger partial charge in [-0.15, -0.1) is 0 Å². The summed E-state index contributed by atoms with van der Waals surface area (Å²) < 4.78 is 5.59. The Labute approximate surface area is 154 Å². The molecule has 0 saturated heterocycles. The fourth-order valence-electron chi connectivity index (χ4n) is 2.25. The molecule has 5 heteroatoms. The molecule has 0 heterocycles. The maximum atomic E-state index is 5.59. The van der Waals surface area contributed by atoms with Crippen LogP contribution in [0.1, 0.15) is 18.1 Å². The lowest BCUT2D eigenvalue weighted by molar-refractivity contribution is 0.342. The second-order valence-corrected chi connectivity index (χ2v) is 6.87. The number of thiocarbonyl (C=S) groups is 1. The van der Waals surface area contributed by atoms with Crippen LogP contribution in [0, 0.1) is 6.92 Å². The molecule has 0 aromatic heterocycles. The Balaban J connectivity index is 1.68. The van der Waals surface area contributed by atoms with Crippen LogP contribution in [0.5, 0.6) is 5.75 Å². The van der Waals surface area contributed by atoms with Gasteiger partial charge in [-0.2, -0.15) is 11.8 Å². The fourth-order valence-corrected chi connectivity index (χ4v) is 3.26. The Bertz CT molecular complexity index is 661. The summed E-state index contributed by atoms with van der Waals surface area (Å²) in [4.78, 5) is 0. The molecule has 0 radical (unpaired) electrons. The van der Waals surface area contributed by atoms with Gasteiger partial charge in [0.05, 0.1) is 12.3 Å². The Morgan fingerprint density at radius 3 is 2.79 bits per heavy atom. The van der Waals surface area contributed by atoms with Crippen LogP contribution in [0.3, 0.4) is 0 Å². The van der Waals surface area contributed by atoms with E-state index in [0.29, 0.717) is 11.7 Å². The second-order valence-electron chi connectivity index (χ2n) is 5.35. The number of hydrogen-bond acceptors (Lipinski definition) is 3. The molecule has 24 heavy (non-hydrogen) atoms. The molecule has 0 unspecified atom stereocenters. The Morgan fingerprint density at radius 1 is 1.17 bits per heavy atom. The molecule has 0 aliphatic rings. The van der Waals surface area contributed by atoms with Gasteiger partial charge in [-0.05, 0) is 43.8 Å². The van der Waals surface area contributed by atoms with Gasteiger partial charge in [0.25, 0.3) is 0 Å². The summed E-state index contributed by atoms with van der Waals surface area (Å²) in [6.45, 7) is 5.56. The number of thioether (sulfide) groups is 1. The van der Waals surface area contributed by atoms with E-state index < -0.39 is 0 Å². The Morgan fingerprint density at radius 2 is 2.00 bits per heavy atom. The van der Waals surface area contributed by atoms with E-state index in [1.54, 1.807) is 0 Å². The number of benzene rings is 2. The number of hydrogen-bond donors (Lipinski definition) is 2. The number of aryl methyl sites for hydroxylation is 1. The minimum atomic E-state index is 0.623. The molecule has 2 aromatic rings. The van der Waals surface area contributed by atoms with Crippen molar-refractivity contribution in [2.24, 2.45) is 0 Å². The van der Waals surface area contributed by atoms with Crippen molar-refractivity contribution in [2.45, 2.75) is 19.6 Å². The third kappa shape index (κ3) is 6.42. The van der Waals surface area contributed by atoms with E-state index in [4.69, 9.17) is 17.0 Å². The molecule has 3 nitrogen and oxygen atoms in total. The van der Waals surface area contributed by atoms with E-state index in [2.05, 4.69) is 41.8 Å². The molecule has 0 fully saturated rings. The van der Waals surface area contributed by atoms with Gasteiger partial charge < -0.3 is 15.4 Å². The second kappa shape index (κ2) is 10.2.